The summed E-state index contributed by atoms with van der Waals surface area (Å²) < 4.78 is 22.5. The number of esters is 1. The Morgan fingerprint density at radius 1 is 1.09 bits per heavy atom. The van der Waals surface area contributed by atoms with Crippen molar-refractivity contribution in [2.75, 3.05) is 40.5 Å². The number of piperidine rings is 1. The van der Waals surface area contributed by atoms with Gasteiger partial charge in [0, 0.05) is 25.1 Å². The maximum Gasteiger partial charge on any atom is 0.321 e. The topological polar surface area (TPSA) is 74.0 Å². The summed E-state index contributed by atoms with van der Waals surface area (Å²) in [4.78, 5) is 20.4. The van der Waals surface area contributed by atoms with Gasteiger partial charge in [-0.15, -0.1) is 0 Å². The highest BCUT2D eigenvalue weighted by molar-refractivity contribution is 5.86. The van der Waals surface area contributed by atoms with Crippen LogP contribution in [0, 0.1) is 5.92 Å². The number of ether oxygens (including phenoxy) is 3. The zero-order valence-electron chi connectivity index (χ0n) is 19.2. The Labute approximate surface area is 193 Å². The van der Waals surface area contributed by atoms with E-state index in [-0.39, 0.29) is 11.9 Å². The first-order chi connectivity index (χ1) is 16.1. The van der Waals surface area contributed by atoms with Gasteiger partial charge in [-0.25, -0.2) is 4.98 Å². The Kier molecular flexibility index (Phi) is 5.98. The minimum absolute atomic E-state index is 0.136. The van der Waals surface area contributed by atoms with Gasteiger partial charge in [-0.3, -0.25) is 4.79 Å². The van der Waals surface area contributed by atoms with Crippen LogP contribution in [0.1, 0.15) is 30.7 Å². The van der Waals surface area contributed by atoms with E-state index < -0.39 is 5.41 Å². The van der Waals surface area contributed by atoms with Gasteiger partial charge < -0.3 is 23.5 Å². The summed E-state index contributed by atoms with van der Waals surface area (Å²) in [6.45, 7) is 3.33. The molecule has 3 heterocycles. The molecule has 0 N–H and O–H groups in total. The van der Waals surface area contributed by atoms with Gasteiger partial charge in [0.05, 0.1) is 20.8 Å². The Morgan fingerprint density at radius 2 is 1.82 bits per heavy atom. The Morgan fingerprint density at radius 3 is 2.48 bits per heavy atom. The standard InChI is InChI=1S/C26H30N2O5/c1-30-22-16-20-21(17-23(22)31-2)33-24(27-20)26(11-15-32-25(26)29)19-9-13-28(14-10-19)12-8-18-6-4-3-5-7-18/h3-7,16-17,19H,8-15H2,1-2H3. The lowest BCUT2D eigenvalue weighted by molar-refractivity contribution is -0.146. The van der Waals surface area contributed by atoms with Crippen molar-refractivity contribution in [2.24, 2.45) is 5.92 Å². The van der Waals surface area contributed by atoms with Crippen molar-refractivity contribution in [1.29, 1.82) is 0 Å². The number of carbonyl (C=O) groups is 1. The molecule has 7 nitrogen and oxygen atoms in total. The van der Waals surface area contributed by atoms with E-state index in [1.807, 2.05) is 6.07 Å². The summed E-state index contributed by atoms with van der Waals surface area (Å²) in [5, 5.41) is 0. The number of carbonyl (C=O) groups excluding carboxylic acids is 1. The third-order valence-electron chi connectivity index (χ3n) is 7.21. The maximum atomic E-state index is 13.1. The highest BCUT2D eigenvalue weighted by atomic mass is 16.5. The smallest absolute Gasteiger partial charge is 0.321 e. The van der Waals surface area contributed by atoms with E-state index in [2.05, 4.69) is 29.2 Å². The molecular formula is C26H30N2O5. The van der Waals surface area contributed by atoms with Gasteiger partial charge in [0.1, 0.15) is 10.9 Å². The van der Waals surface area contributed by atoms with Gasteiger partial charge in [0.15, 0.2) is 17.1 Å². The van der Waals surface area contributed by atoms with Crippen molar-refractivity contribution in [3.63, 3.8) is 0 Å². The summed E-state index contributed by atoms with van der Waals surface area (Å²) in [7, 11) is 3.18. The summed E-state index contributed by atoms with van der Waals surface area (Å²) in [5.74, 6) is 1.54. The Hall–Kier alpha value is -3.06. The molecule has 1 atom stereocenters. The predicted octanol–water partition coefficient (Wildman–Crippen LogP) is 3.98. The van der Waals surface area contributed by atoms with Crippen LogP contribution >= 0.6 is 0 Å². The number of fused-ring (bicyclic) bond motifs is 1. The van der Waals surface area contributed by atoms with E-state index in [1.54, 1.807) is 26.4 Å². The summed E-state index contributed by atoms with van der Waals surface area (Å²) in [5.41, 5.74) is 1.77. The lowest BCUT2D eigenvalue weighted by Gasteiger charge is -2.38. The van der Waals surface area contributed by atoms with Crippen molar-refractivity contribution in [1.82, 2.24) is 9.88 Å². The molecule has 2 fully saturated rings. The van der Waals surface area contributed by atoms with Crippen molar-refractivity contribution in [3.8, 4) is 11.5 Å². The summed E-state index contributed by atoms with van der Waals surface area (Å²) in [6, 6.07) is 14.1. The molecule has 0 bridgehead atoms. The number of nitrogens with zero attached hydrogens (tertiary/aromatic N) is 2. The third kappa shape index (κ3) is 3.95. The van der Waals surface area contributed by atoms with E-state index >= 15 is 0 Å². The van der Waals surface area contributed by atoms with E-state index in [1.165, 1.54) is 5.56 Å². The molecule has 0 radical (unpaired) electrons. The third-order valence-corrected chi connectivity index (χ3v) is 7.21. The Balaban J connectivity index is 1.36. The highest BCUT2D eigenvalue weighted by Gasteiger charge is 2.56. The van der Waals surface area contributed by atoms with E-state index in [9.17, 15) is 4.79 Å². The highest BCUT2D eigenvalue weighted by Crippen LogP contribution is 2.46. The lowest BCUT2D eigenvalue weighted by Crippen LogP contribution is -2.46. The lowest BCUT2D eigenvalue weighted by atomic mass is 9.69. The molecule has 2 aliphatic rings. The molecule has 33 heavy (non-hydrogen) atoms. The normalized spacial score (nSPS) is 21.9. The molecular weight excluding hydrogens is 420 g/mol. The quantitative estimate of drug-likeness (QED) is 0.504. The second-order valence-electron chi connectivity index (χ2n) is 8.90. The van der Waals surface area contributed by atoms with E-state index in [4.69, 9.17) is 23.6 Å². The van der Waals surface area contributed by atoms with Crippen LogP contribution in [-0.2, 0) is 21.4 Å². The first kappa shape index (κ1) is 21.8. The number of aromatic nitrogens is 1. The fourth-order valence-corrected chi connectivity index (χ4v) is 5.30. The molecule has 0 spiro atoms. The van der Waals surface area contributed by atoms with Crippen LogP contribution in [0.2, 0.25) is 0 Å². The molecule has 174 valence electrons. The van der Waals surface area contributed by atoms with Crippen molar-refractivity contribution >= 4 is 17.1 Å². The molecule has 0 saturated carbocycles. The van der Waals surface area contributed by atoms with Crippen LogP contribution in [-0.4, -0.2) is 56.3 Å². The van der Waals surface area contributed by atoms with Crippen LogP contribution < -0.4 is 9.47 Å². The monoisotopic (exact) mass is 450 g/mol. The van der Waals surface area contributed by atoms with E-state index in [0.717, 1.165) is 38.9 Å². The summed E-state index contributed by atoms with van der Waals surface area (Å²) >= 11 is 0. The number of likely N-dealkylation sites (tertiary alicyclic amines) is 1. The predicted molar refractivity (Wildman–Crippen MR) is 124 cm³/mol. The van der Waals surface area contributed by atoms with Crippen LogP contribution in [0.4, 0.5) is 0 Å². The maximum absolute atomic E-state index is 13.1. The van der Waals surface area contributed by atoms with Crippen LogP contribution in [0.15, 0.2) is 46.9 Å². The molecule has 7 heteroatoms. The molecule has 1 aromatic heterocycles. The number of cyclic esters (lactones) is 1. The van der Waals surface area contributed by atoms with Gasteiger partial charge in [0.2, 0.25) is 5.89 Å². The first-order valence-corrected chi connectivity index (χ1v) is 11.6. The minimum atomic E-state index is -0.828. The number of rotatable bonds is 7. The molecule has 5 rings (SSSR count). The van der Waals surface area contributed by atoms with Crippen molar-refractivity contribution in [2.45, 2.75) is 31.1 Å². The molecule has 3 aromatic rings. The number of oxazole rings is 1. The number of benzene rings is 2. The molecule has 1 unspecified atom stereocenters. The van der Waals surface area contributed by atoms with Crippen LogP contribution in [0.25, 0.3) is 11.1 Å². The van der Waals surface area contributed by atoms with E-state index in [0.29, 0.717) is 41.5 Å². The minimum Gasteiger partial charge on any atom is -0.493 e. The molecule has 0 aliphatic carbocycles. The Bertz CT molecular complexity index is 1080. The second kappa shape index (κ2) is 9.06. The van der Waals surface area contributed by atoms with Gasteiger partial charge in [-0.1, -0.05) is 30.3 Å². The number of hydrogen-bond acceptors (Lipinski definition) is 7. The van der Waals surface area contributed by atoms with Crippen LogP contribution in [0.5, 0.6) is 11.5 Å². The fourth-order valence-electron chi connectivity index (χ4n) is 5.30. The zero-order chi connectivity index (χ0) is 22.8. The molecule has 0 amide bonds. The van der Waals surface area contributed by atoms with Crippen molar-refractivity contribution in [3.05, 3.63) is 53.9 Å². The zero-order valence-corrected chi connectivity index (χ0v) is 19.2. The SMILES string of the molecule is COc1cc2nc(C3(C4CCN(CCc5ccccc5)CC4)CCOC3=O)oc2cc1OC. The average molecular weight is 451 g/mol. The largest absolute Gasteiger partial charge is 0.493 e. The van der Waals surface area contributed by atoms with Gasteiger partial charge in [-0.2, -0.15) is 0 Å². The number of methoxy groups -OCH3 is 2. The van der Waals surface area contributed by atoms with Crippen LogP contribution in [0.3, 0.4) is 0 Å². The molecule has 2 aliphatic heterocycles. The summed E-state index contributed by atoms with van der Waals surface area (Å²) in [6.07, 6.45) is 3.46. The second-order valence-corrected chi connectivity index (χ2v) is 8.90. The van der Waals surface area contributed by atoms with Crippen molar-refractivity contribution < 1.29 is 23.4 Å². The molecule has 2 aromatic carbocycles. The van der Waals surface area contributed by atoms with Gasteiger partial charge in [-0.05, 0) is 43.8 Å². The molecule has 2 saturated heterocycles. The average Bonchev–Trinajstić information content (AvgIpc) is 3.46. The fraction of sp³-hybridized carbons (Fsp3) is 0.462. The number of hydrogen-bond donors (Lipinski definition) is 0. The van der Waals surface area contributed by atoms with Gasteiger partial charge in [0.25, 0.3) is 0 Å². The first-order valence-electron chi connectivity index (χ1n) is 11.6. The van der Waals surface area contributed by atoms with Gasteiger partial charge >= 0.3 is 5.97 Å².